The summed E-state index contributed by atoms with van der Waals surface area (Å²) in [5.74, 6) is 0.903. The second-order valence-electron chi connectivity index (χ2n) is 7.73. The molecule has 2 aromatic heterocycles. The highest BCUT2D eigenvalue weighted by molar-refractivity contribution is 7.99. The second-order valence-corrected chi connectivity index (χ2v) is 8.67. The highest BCUT2D eigenvalue weighted by Crippen LogP contribution is 2.24. The minimum Gasteiger partial charge on any atom is -0.348 e. The van der Waals surface area contributed by atoms with Crippen molar-refractivity contribution < 1.29 is 9.18 Å². The summed E-state index contributed by atoms with van der Waals surface area (Å²) in [4.78, 5) is 13.0. The van der Waals surface area contributed by atoms with Crippen LogP contribution in [0.15, 0.2) is 65.8 Å². The summed E-state index contributed by atoms with van der Waals surface area (Å²) in [5, 5.41) is 9.16. The number of carbonyl (C=O) groups is 1. The number of nitrogens with zero attached hydrogens (tertiary/aromatic N) is 4. The van der Waals surface area contributed by atoms with Gasteiger partial charge in [0.15, 0.2) is 10.9 Å². The number of Topliss-reactive ketones (excluding diaryl/α,β-unsaturated/α-hetero) is 1. The van der Waals surface area contributed by atoms with Gasteiger partial charge < -0.3 is 4.57 Å². The predicted octanol–water partition coefficient (Wildman–Crippen LogP) is 5.35. The van der Waals surface area contributed by atoms with E-state index >= 15 is 0 Å². The first-order valence-corrected chi connectivity index (χ1v) is 11.5. The van der Waals surface area contributed by atoms with E-state index in [9.17, 15) is 9.18 Å². The van der Waals surface area contributed by atoms with E-state index in [1.165, 1.54) is 23.9 Å². The number of carbonyl (C=O) groups excluding carboxylic acids is 1. The Bertz CT molecular complexity index is 1230. The summed E-state index contributed by atoms with van der Waals surface area (Å²) in [7, 11) is 0. The van der Waals surface area contributed by atoms with Gasteiger partial charge in [0.2, 0.25) is 0 Å². The molecular formula is C25H25FN4OS. The van der Waals surface area contributed by atoms with Crippen molar-refractivity contribution in [2.45, 2.75) is 38.9 Å². The average molecular weight is 449 g/mol. The van der Waals surface area contributed by atoms with E-state index < -0.39 is 0 Å². The molecule has 164 valence electrons. The quantitative estimate of drug-likeness (QED) is 0.269. The maximum atomic E-state index is 13.1. The fourth-order valence-electron chi connectivity index (χ4n) is 3.84. The van der Waals surface area contributed by atoms with E-state index in [1.807, 2.05) is 61.7 Å². The molecule has 0 spiro atoms. The summed E-state index contributed by atoms with van der Waals surface area (Å²) in [6, 6.07) is 18.4. The molecule has 4 aromatic rings. The lowest BCUT2D eigenvalue weighted by Crippen LogP contribution is -2.09. The van der Waals surface area contributed by atoms with Gasteiger partial charge in [-0.1, -0.05) is 42.1 Å². The molecule has 0 bridgehead atoms. The molecule has 7 heteroatoms. The summed E-state index contributed by atoms with van der Waals surface area (Å²) in [6.45, 7) is 6.63. The highest BCUT2D eigenvalue weighted by atomic mass is 32.2. The van der Waals surface area contributed by atoms with Crippen LogP contribution in [-0.2, 0) is 13.0 Å². The zero-order chi connectivity index (χ0) is 22.7. The molecule has 0 aliphatic rings. The second kappa shape index (κ2) is 9.53. The van der Waals surface area contributed by atoms with Gasteiger partial charge in [0.25, 0.3) is 0 Å². The zero-order valence-corrected chi connectivity index (χ0v) is 19.2. The number of thioether (sulfide) groups is 1. The first-order chi connectivity index (χ1) is 15.4. The van der Waals surface area contributed by atoms with Gasteiger partial charge in [-0.2, -0.15) is 0 Å². The molecule has 5 nitrogen and oxygen atoms in total. The normalized spacial score (nSPS) is 11.1. The Morgan fingerprint density at radius 2 is 1.72 bits per heavy atom. The van der Waals surface area contributed by atoms with Crippen LogP contribution in [0.2, 0.25) is 0 Å². The lowest BCUT2D eigenvalue weighted by molar-refractivity contribution is 0.102. The zero-order valence-electron chi connectivity index (χ0n) is 18.4. The van der Waals surface area contributed by atoms with Crippen molar-refractivity contribution in [3.8, 4) is 5.69 Å². The minimum atomic E-state index is -0.231. The van der Waals surface area contributed by atoms with Crippen LogP contribution in [-0.4, -0.2) is 30.9 Å². The molecule has 0 N–H and O–H groups in total. The van der Waals surface area contributed by atoms with E-state index in [1.54, 1.807) is 12.1 Å². The first-order valence-electron chi connectivity index (χ1n) is 10.5. The number of aromatic nitrogens is 4. The lowest BCUT2D eigenvalue weighted by Gasteiger charge is -2.10. The highest BCUT2D eigenvalue weighted by Gasteiger charge is 2.18. The number of ketones is 1. The van der Waals surface area contributed by atoms with Crippen LogP contribution in [0.4, 0.5) is 4.39 Å². The molecule has 0 fully saturated rings. The fraction of sp³-hybridized carbons (Fsp3) is 0.240. The van der Waals surface area contributed by atoms with Crippen LogP contribution in [0.25, 0.3) is 5.69 Å². The fourth-order valence-corrected chi connectivity index (χ4v) is 4.72. The van der Waals surface area contributed by atoms with Gasteiger partial charge in [-0.05, 0) is 63.1 Å². The van der Waals surface area contributed by atoms with Gasteiger partial charge in [-0.15, -0.1) is 10.2 Å². The maximum absolute atomic E-state index is 13.1. The third-order valence-electron chi connectivity index (χ3n) is 5.55. The third kappa shape index (κ3) is 4.67. The number of hydrogen-bond acceptors (Lipinski definition) is 4. The number of hydrogen-bond donors (Lipinski definition) is 0. The summed E-state index contributed by atoms with van der Waals surface area (Å²) in [5.41, 5.74) is 4.77. The summed E-state index contributed by atoms with van der Waals surface area (Å²) >= 11 is 1.40. The third-order valence-corrected chi connectivity index (χ3v) is 6.48. The van der Waals surface area contributed by atoms with E-state index in [2.05, 4.69) is 14.8 Å². The number of benzene rings is 2. The summed E-state index contributed by atoms with van der Waals surface area (Å²) in [6.07, 6.45) is 0.776. The topological polar surface area (TPSA) is 52.7 Å². The van der Waals surface area contributed by atoms with E-state index in [0.29, 0.717) is 5.16 Å². The van der Waals surface area contributed by atoms with Crippen molar-refractivity contribution >= 4 is 17.5 Å². The van der Waals surface area contributed by atoms with Crippen molar-refractivity contribution in [3.05, 3.63) is 94.8 Å². The molecule has 0 atom stereocenters. The largest absolute Gasteiger partial charge is 0.348 e. The number of halogens is 1. The van der Waals surface area contributed by atoms with Gasteiger partial charge in [0.1, 0.15) is 11.6 Å². The van der Waals surface area contributed by atoms with Crippen LogP contribution in [0.3, 0.4) is 0 Å². The molecular weight excluding hydrogens is 423 g/mol. The van der Waals surface area contributed by atoms with Crippen LogP contribution in [0.1, 0.15) is 33.1 Å². The van der Waals surface area contributed by atoms with Gasteiger partial charge in [-0.25, -0.2) is 4.39 Å². The predicted molar refractivity (Wildman–Crippen MR) is 125 cm³/mol. The van der Waals surface area contributed by atoms with Gasteiger partial charge in [0, 0.05) is 29.2 Å². The Morgan fingerprint density at radius 3 is 2.44 bits per heavy atom. The Balaban J connectivity index is 1.46. The first kappa shape index (κ1) is 22.0. The molecule has 0 amide bonds. The Morgan fingerprint density at radius 1 is 1.00 bits per heavy atom. The van der Waals surface area contributed by atoms with Crippen molar-refractivity contribution in [1.29, 1.82) is 0 Å². The standard InChI is InChI=1S/C25H25FN4OS/c1-17-15-23(18(2)29(17)14-13-20-9-11-21(26)12-10-20)24(31)16-32-25-28-27-19(3)30(25)22-7-5-4-6-8-22/h4-12,15H,13-14,16H2,1-3H3. The van der Waals surface area contributed by atoms with Gasteiger partial charge in [-0.3, -0.25) is 9.36 Å². The smallest absolute Gasteiger partial charge is 0.196 e. The number of para-hydroxylation sites is 1. The Labute approximate surface area is 191 Å². The Kier molecular flexibility index (Phi) is 6.55. The SMILES string of the molecule is Cc1cc(C(=O)CSc2nnc(C)n2-c2ccccc2)c(C)n1CCc1ccc(F)cc1. The molecule has 2 aromatic carbocycles. The molecule has 4 rings (SSSR count). The maximum Gasteiger partial charge on any atom is 0.196 e. The molecule has 2 heterocycles. The van der Waals surface area contributed by atoms with Crippen molar-refractivity contribution in [3.63, 3.8) is 0 Å². The minimum absolute atomic E-state index is 0.0661. The molecule has 0 radical (unpaired) electrons. The molecule has 0 aliphatic heterocycles. The van der Waals surface area contributed by atoms with Crippen LogP contribution < -0.4 is 0 Å². The van der Waals surface area contributed by atoms with Crippen molar-refractivity contribution in [2.75, 3.05) is 5.75 Å². The van der Waals surface area contributed by atoms with E-state index in [4.69, 9.17) is 0 Å². The summed E-state index contributed by atoms with van der Waals surface area (Å²) < 4.78 is 17.2. The monoisotopic (exact) mass is 448 g/mol. The van der Waals surface area contributed by atoms with Crippen LogP contribution in [0.5, 0.6) is 0 Å². The number of aryl methyl sites for hydroxylation is 3. The average Bonchev–Trinajstić information content (AvgIpc) is 3.31. The molecule has 0 aliphatic carbocycles. The van der Waals surface area contributed by atoms with Gasteiger partial charge >= 0.3 is 0 Å². The molecule has 0 saturated carbocycles. The van der Waals surface area contributed by atoms with E-state index in [0.717, 1.165) is 47.0 Å². The number of rotatable bonds is 8. The van der Waals surface area contributed by atoms with Crippen molar-refractivity contribution in [2.24, 2.45) is 0 Å². The van der Waals surface area contributed by atoms with E-state index in [-0.39, 0.29) is 17.4 Å². The van der Waals surface area contributed by atoms with Crippen LogP contribution in [0, 0.1) is 26.6 Å². The molecule has 0 unspecified atom stereocenters. The van der Waals surface area contributed by atoms with Gasteiger partial charge in [0.05, 0.1) is 5.75 Å². The van der Waals surface area contributed by atoms with Crippen molar-refractivity contribution in [1.82, 2.24) is 19.3 Å². The molecule has 32 heavy (non-hydrogen) atoms. The molecule has 0 saturated heterocycles. The Hall–Kier alpha value is -3.19. The van der Waals surface area contributed by atoms with Crippen LogP contribution >= 0.6 is 11.8 Å². The lowest BCUT2D eigenvalue weighted by atomic mass is 10.1.